The first-order chi connectivity index (χ1) is 12.5. The van der Waals surface area contributed by atoms with E-state index >= 15 is 0 Å². The second kappa shape index (κ2) is 7.91. The van der Waals surface area contributed by atoms with Gasteiger partial charge in [0.25, 0.3) is 5.56 Å². The van der Waals surface area contributed by atoms with Gasteiger partial charge < -0.3 is 20.8 Å². The molecule has 9 heteroatoms. The summed E-state index contributed by atoms with van der Waals surface area (Å²) in [5.41, 5.74) is -1.14. The number of aliphatic hydroxyl groups is 1. The summed E-state index contributed by atoms with van der Waals surface area (Å²) in [7, 11) is 0. The maximum atomic E-state index is 12.8. The van der Waals surface area contributed by atoms with Gasteiger partial charge in [0.2, 0.25) is 0 Å². The van der Waals surface area contributed by atoms with Crippen LogP contribution in [0.5, 0.6) is 0 Å². The molecular weight excluding hydrogens is 361 g/mol. The number of aromatic amines is 1. The first-order valence-electron chi connectivity index (χ1n) is 8.27. The molecule has 0 amide bonds. The van der Waals surface area contributed by atoms with Crippen molar-refractivity contribution in [2.75, 3.05) is 11.9 Å². The largest absolute Gasteiger partial charge is 0.416 e. The summed E-state index contributed by atoms with van der Waals surface area (Å²) in [5, 5.41) is 20.1. The van der Waals surface area contributed by atoms with Crippen molar-refractivity contribution in [1.82, 2.24) is 9.97 Å². The van der Waals surface area contributed by atoms with Crippen LogP contribution in [-0.4, -0.2) is 27.4 Å². The van der Waals surface area contributed by atoms with Gasteiger partial charge in [-0.2, -0.15) is 13.2 Å². The van der Waals surface area contributed by atoms with Crippen molar-refractivity contribution in [2.24, 2.45) is 5.92 Å². The van der Waals surface area contributed by atoms with Crippen LogP contribution in [0.4, 0.5) is 19.0 Å². The van der Waals surface area contributed by atoms with E-state index in [0.29, 0.717) is 11.4 Å². The molecule has 1 unspecified atom stereocenters. The van der Waals surface area contributed by atoms with Crippen LogP contribution in [0, 0.1) is 18.3 Å². The van der Waals surface area contributed by atoms with E-state index in [1.165, 1.54) is 12.1 Å². The van der Waals surface area contributed by atoms with Crippen LogP contribution >= 0.6 is 0 Å². The van der Waals surface area contributed by atoms with Crippen molar-refractivity contribution in [3.63, 3.8) is 0 Å². The summed E-state index contributed by atoms with van der Waals surface area (Å²) in [4.78, 5) is 18.9. The molecule has 0 radical (unpaired) electrons. The molecule has 146 valence electrons. The van der Waals surface area contributed by atoms with Crippen molar-refractivity contribution < 1.29 is 18.3 Å². The molecule has 4 N–H and O–H groups in total. The van der Waals surface area contributed by atoms with Gasteiger partial charge in [0.05, 0.1) is 23.9 Å². The SMILES string of the molecule is Cc1nc(NC(c2ccc(C(F)(F)F)cc2)C(C)C)c(C(=N)CO)c(=O)[nH]1. The third-order valence-corrected chi connectivity index (χ3v) is 4.05. The number of nitrogens with one attached hydrogen (secondary N) is 3. The number of rotatable bonds is 6. The zero-order valence-corrected chi connectivity index (χ0v) is 15.1. The number of halogens is 3. The van der Waals surface area contributed by atoms with Crippen LogP contribution in [0.2, 0.25) is 0 Å². The van der Waals surface area contributed by atoms with Crippen LogP contribution in [0.1, 0.15) is 42.4 Å². The predicted molar refractivity (Wildman–Crippen MR) is 96.2 cm³/mol. The minimum Gasteiger partial charge on any atom is -0.390 e. The second-order valence-corrected chi connectivity index (χ2v) is 6.50. The molecule has 6 nitrogen and oxygen atoms in total. The minimum absolute atomic E-state index is 0.0562. The van der Waals surface area contributed by atoms with Gasteiger partial charge in [0, 0.05) is 0 Å². The topological polar surface area (TPSA) is 102 Å². The zero-order chi connectivity index (χ0) is 20.4. The monoisotopic (exact) mass is 382 g/mol. The van der Waals surface area contributed by atoms with Gasteiger partial charge in [-0.3, -0.25) is 4.79 Å². The van der Waals surface area contributed by atoms with Crippen LogP contribution in [0.25, 0.3) is 0 Å². The Bertz CT molecular complexity index is 874. The fourth-order valence-corrected chi connectivity index (χ4v) is 2.71. The van der Waals surface area contributed by atoms with E-state index in [9.17, 15) is 23.1 Å². The van der Waals surface area contributed by atoms with E-state index in [4.69, 9.17) is 5.41 Å². The van der Waals surface area contributed by atoms with Crippen LogP contribution in [0.3, 0.4) is 0 Å². The van der Waals surface area contributed by atoms with Crippen molar-refractivity contribution >= 4 is 11.5 Å². The summed E-state index contributed by atoms with van der Waals surface area (Å²) in [5.74, 6) is 0.361. The van der Waals surface area contributed by atoms with Crippen molar-refractivity contribution in [1.29, 1.82) is 5.41 Å². The van der Waals surface area contributed by atoms with Gasteiger partial charge in [-0.1, -0.05) is 26.0 Å². The van der Waals surface area contributed by atoms with Crippen LogP contribution < -0.4 is 10.9 Å². The third kappa shape index (κ3) is 4.73. The summed E-state index contributed by atoms with van der Waals surface area (Å²) >= 11 is 0. The van der Waals surface area contributed by atoms with Crippen LogP contribution in [0.15, 0.2) is 29.1 Å². The van der Waals surface area contributed by atoms with Crippen molar-refractivity contribution in [3.05, 3.63) is 57.1 Å². The Labute approximate surface area is 154 Å². The smallest absolute Gasteiger partial charge is 0.390 e. The molecule has 1 heterocycles. The maximum absolute atomic E-state index is 12.8. The van der Waals surface area contributed by atoms with Gasteiger partial charge in [0.1, 0.15) is 17.2 Å². The Morgan fingerprint density at radius 1 is 1.30 bits per heavy atom. The van der Waals surface area contributed by atoms with E-state index in [2.05, 4.69) is 15.3 Å². The molecule has 2 rings (SSSR count). The van der Waals surface area contributed by atoms with E-state index < -0.39 is 29.9 Å². The van der Waals surface area contributed by atoms with Crippen LogP contribution in [-0.2, 0) is 6.18 Å². The number of hydrogen-bond donors (Lipinski definition) is 4. The number of nitrogens with zero attached hydrogens (tertiary/aromatic N) is 1. The normalized spacial score (nSPS) is 12.9. The van der Waals surface area contributed by atoms with Gasteiger partial charge in [-0.15, -0.1) is 0 Å². The highest BCUT2D eigenvalue weighted by atomic mass is 19.4. The zero-order valence-electron chi connectivity index (χ0n) is 15.1. The Morgan fingerprint density at radius 3 is 2.37 bits per heavy atom. The highest BCUT2D eigenvalue weighted by Gasteiger charge is 2.30. The molecular formula is C18H21F3N4O2. The Morgan fingerprint density at radius 2 is 1.89 bits per heavy atom. The Kier molecular flexibility index (Phi) is 6.04. The summed E-state index contributed by atoms with van der Waals surface area (Å²) < 4.78 is 38.4. The highest BCUT2D eigenvalue weighted by molar-refractivity contribution is 6.02. The number of aliphatic hydroxyl groups excluding tert-OH is 1. The minimum atomic E-state index is -4.42. The maximum Gasteiger partial charge on any atom is 0.416 e. The first-order valence-corrected chi connectivity index (χ1v) is 8.27. The molecule has 0 aliphatic heterocycles. The standard InChI is InChI=1S/C18H21F3N4O2/c1-9(2)15(11-4-6-12(7-5-11)18(19,20)21)25-16-14(13(22)8-26)17(27)24-10(3)23-16/h4-7,9,15,22,26H,8H2,1-3H3,(H2,23,24,25,27). The molecule has 1 aromatic carbocycles. The second-order valence-electron chi connectivity index (χ2n) is 6.50. The molecule has 27 heavy (non-hydrogen) atoms. The lowest BCUT2D eigenvalue weighted by molar-refractivity contribution is -0.137. The first kappa shape index (κ1) is 20.6. The third-order valence-electron chi connectivity index (χ3n) is 4.05. The molecule has 0 spiro atoms. The van der Waals surface area contributed by atoms with Gasteiger partial charge >= 0.3 is 6.18 Å². The van der Waals surface area contributed by atoms with E-state index in [0.717, 1.165) is 12.1 Å². The number of aromatic nitrogens is 2. The highest BCUT2D eigenvalue weighted by Crippen LogP contribution is 2.32. The summed E-state index contributed by atoms with van der Waals surface area (Å²) in [6, 6.07) is 4.29. The fraction of sp³-hybridized carbons (Fsp3) is 0.389. The number of anilines is 1. The van der Waals surface area contributed by atoms with E-state index in [1.807, 2.05) is 13.8 Å². The lowest BCUT2D eigenvalue weighted by Gasteiger charge is -2.25. The number of benzene rings is 1. The molecule has 0 saturated heterocycles. The summed E-state index contributed by atoms with van der Waals surface area (Å²) in [6.07, 6.45) is -4.42. The molecule has 2 aromatic rings. The van der Waals surface area contributed by atoms with E-state index in [1.54, 1.807) is 6.92 Å². The molecule has 0 bridgehead atoms. The van der Waals surface area contributed by atoms with E-state index in [-0.39, 0.29) is 23.0 Å². The molecule has 1 atom stereocenters. The number of alkyl halides is 3. The fourth-order valence-electron chi connectivity index (χ4n) is 2.71. The lowest BCUT2D eigenvalue weighted by atomic mass is 9.94. The predicted octanol–water partition coefficient (Wildman–Crippen LogP) is 3.27. The average Bonchev–Trinajstić information content (AvgIpc) is 2.57. The quantitative estimate of drug-likeness (QED) is 0.576. The summed E-state index contributed by atoms with van der Waals surface area (Å²) in [6.45, 7) is 4.66. The molecule has 0 fully saturated rings. The number of hydrogen-bond acceptors (Lipinski definition) is 5. The van der Waals surface area contributed by atoms with Crippen molar-refractivity contribution in [3.8, 4) is 0 Å². The van der Waals surface area contributed by atoms with Gasteiger partial charge in [0.15, 0.2) is 0 Å². The Hall–Kier alpha value is -2.68. The molecule has 0 aliphatic carbocycles. The van der Waals surface area contributed by atoms with Gasteiger partial charge in [-0.25, -0.2) is 4.98 Å². The number of aryl methyl sites for hydroxylation is 1. The number of H-pyrrole nitrogens is 1. The molecule has 1 aromatic heterocycles. The lowest BCUT2D eigenvalue weighted by Crippen LogP contribution is -2.27. The molecule has 0 saturated carbocycles. The van der Waals surface area contributed by atoms with Crippen molar-refractivity contribution in [2.45, 2.75) is 33.0 Å². The molecule has 0 aliphatic rings. The van der Waals surface area contributed by atoms with Gasteiger partial charge in [-0.05, 0) is 30.5 Å². The average molecular weight is 382 g/mol. The Balaban J connectivity index is 2.46.